The third kappa shape index (κ3) is 5.10. The highest BCUT2D eigenvalue weighted by Gasteiger charge is 2.27. The van der Waals surface area contributed by atoms with Crippen molar-refractivity contribution in [1.82, 2.24) is 24.9 Å². The maximum Gasteiger partial charge on any atom is 0.0967 e. The largest absolute Gasteiger partial charge is 0.289 e. The number of benzene rings is 1. The molecule has 2 aromatic heterocycles. The predicted molar refractivity (Wildman–Crippen MR) is 115 cm³/mol. The number of nitrogens with zero attached hydrogens (tertiary/aromatic N) is 5. The first-order valence-corrected chi connectivity index (χ1v) is 10.9. The van der Waals surface area contributed by atoms with E-state index in [9.17, 15) is 0 Å². The normalized spacial score (nSPS) is 16.1. The van der Waals surface area contributed by atoms with E-state index < -0.39 is 0 Å². The van der Waals surface area contributed by atoms with Crippen LogP contribution in [0.4, 0.5) is 0 Å². The maximum atomic E-state index is 4.77. The minimum atomic E-state index is 0.385. The third-order valence-corrected chi connectivity index (χ3v) is 5.79. The van der Waals surface area contributed by atoms with E-state index in [1.54, 1.807) is 0 Å². The van der Waals surface area contributed by atoms with Gasteiger partial charge in [0.15, 0.2) is 0 Å². The molecule has 0 radical (unpaired) electrons. The number of rotatable bonds is 9. The first-order chi connectivity index (χ1) is 14.3. The fraction of sp³-hybridized carbons (Fsp3) is 0.458. The summed E-state index contributed by atoms with van der Waals surface area (Å²) in [5, 5.41) is 8.86. The summed E-state index contributed by atoms with van der Waals surface area (Å²) in [6, 6.07) is 15.1. The van der Waals surface area contributed by atoms with Crippen LogP contribution in [-0.2, 0) is 19.5 Å². The second-order valence-corrected chi connectivity index (χ2v) is 8.03. The molecule has 0 amide bonds. The van der Waals surface area contributed by atoms with Crippen LogP contribution in [0.2, 0.25) is 0 Å². The molecule has 4 rings (SSSR count). The highest BCUT2D eigenvalue weighted by Crippen LogP contribution is 2.33. The number of fused-ring (bicyclic) bond motifs is 1. The number of unbranched alkanes of at least 4 members (excludes halogenated alkanes) is 2. The summed E-state index contributed by atoms with van der Waals surface area (Å²) in [5.41, 5.74) is 4.97. The molecular weight excluding hydrogens is 358 g/mol. The van der Waals surface area contributed by atoms with E-state index in [0.29, 0.717) is 6.04 Å². The van der Waals surface area contributed by atoms with Gasteiger partial charge in [-0.15, -0.1) is 5.10 Å². The highest BCUT2D eigenvalue weighted by molar-refractivity contribution is 5.25. The van der Waals surface area contributed by atoms with Crippen molar-refractivity contribution in [2.45, 2.75) is 64.6 Å². The average Bonchev–Trinajstić information content (AvgIpc) is 3.20. The SMILES string of the molecule is CCCCCN(Cc1cn(Cc2ccccc2)nn1)C1CCCc2cccnc21. The molecule has 29 heavy (non-hydrogen) atoms. The number of aryl methyl sites for hydroxylation is 1. The lowest BCUT2D eigenvalue weighted by Crippen LogP contribution is -2.32. The molecule has 2 heterocycles. The predicted octanol–water partition coefficient (Wildman–Crippen LogP) is 4.79. The summed E-state index contributed by atoms with van der Waals surface area (Å²) < 4.78 is 1.95. The smallest absolute Gasteiger partial charge is 0.0967 e. The number of pyridine rings is 1. The standard InChI is InChI=1S/C24H31N5/c1-2-3-7-16-28(23-14-8-12-21-13-9-15-25-24(21)23)18-22-19-29(27-26-22)17-20-10-5-4-6-11-20/h4-6,9-11,13,15,19,23H,2-3,7-8,12,14,16-18H2,1H3. The summed E-state index contributed by atoms with van der Waals surface area (Å²) in [4.78, 5) is 7.35. The van der Waals surface area contributed by atoms with Gasteiger partial charge in [0, 0.05) is 12.7 Å². The lowest BCUT2D eigenvalue weighted by molar-refractivity contribution is 0.160. The van der Waals surface area contributed by atoms with E-state index in [1.165, 1.54) is 48.9 Å². The van der Waals surface area contributed by atoms with Gasteiger partial charge in [-0.05, 0) is 49.4 Å². The van der Waals surface area contributed by atoms with Gasteiger partial charge in [-0.3, -0.25) is 9.88 Å². The Morgan fingerprint density at radius 3 is 2.86 bits per heavy atom. The molecular formula is C24H31N5. The van der Waals surface area contributed by atoms with Gasteiger partial charge in [0.05, 0.1) is 30.2 Å². The highest BCUT2D eigenvalue weighted by atomic mass is 15.4. The zero-order chi connectivity index (χ0) is 19.9. The average molecular weight is 390 g/mol. The van der Waals surface area contributed by atoms with Crippen LogP contribution in [-0.4, -0.2) is 31.4 Å². The van der Waals surface area contributed by atoms with E-state index in [4.69, 9.17) is 4.98 Å². The van der Waals surface area contributed by atoms with Crippen LogP contribution in [0.1, 0.15) is 67.6 Å². The zero-order valence-electron chi connectivity index (χ0n) is 17.4. The fourth-order valence-corrected chi connectivity index (χ4v) is 4.32. The van der Waals surface area contributed by atoms with Gasteiger partial charge in [0.2, 0.25) is 0 Å². The molecule has 0 bridgehead atoms. The molecule has 3 aromatic rings. The van der Waals surface area contributed by atoms with Crippen LogP contribution < -0.4 is 0 Å². The molecule has 0 spiro atoms. The summed E-state index contributed by atoms with van der Waals surface area (Å²) >= 11 is 0. The fourth-order valence-electron chi connectivity index (χ4n) is 4.32. The molecule has 1 atom stereocenters. The van der Waals surface area contributed by atoms with E-state index in [-0.39, 0.29) is 0 Å². The van der Waals surface area contributed by atoms with Crippen molar-refractivity contribution in [3.05, 3.63) is 77.4 Å². The summed E-state index contributed by atoms with van der Waals surface area (Å²) in [6.07, 6.45) is 11.3. The van der Waals surface area contributed by atoms with E-state index in [1.807, 2.05) is 16.9 Å². The Labute approximate surface area is 173 Å². The molecule has 0 saturated carbocycles. The molecule has 5 heteroatoms. The number of aromatic nitrogens is 4. The first kappa shape index (κ1) is 19.8. The van der Waals surface area contributed by atoms with Crippen molar-refractivity contribution in [2.24, 2.45) is 0 Å². The Balaban J connectivity index is 1.49. The van der Waals surface area contributed by atoms with Crippen LogP contribution >= 0.6 is 0 Å². The molecule has 1 unspecified atom stereocenters. The van der Waals surface area contributed by atoms with E-state index in [0.717, 1.165) is 31.7 Å². The van der Waals surface area contributed by atoms with Crippen LogP contribution in [0.15, 0.2) is 54.9 Å². The van der Waals surface area contributed by atoms with Crippen molar-refractivity contribution in [2.75, 3.05) is 6.54 Å². The number of hydrogen-bond donors (Lipinski definition) is 0. The Kier molecular flexibility index (Phi) is 6.67. The summed E-state index contributed by atoms with van der Waals surface area (Å²) in [5.74, 6) is 0. The molecule has 1 aliphatic carbocycles. The Hall–Kier alpha value is -2.53. The monoisotopic (exact) mass is 389 g/mol. The van der Waals surface area contributed by atoms with Crippen molar-refractivity contribution in [1.29, 1.82) is 0 Å². The zero-order valence-corrected chi connectivity index (χ0v) is 17.4. The number of hydrogen-bond acceptors (Lipinski definition) is 4. The molecule has 1 aromatic carbocycles. The van der Waals surface area contributed by atoms with Crippen LogP contribution in [0.3, 0.4) is 0 Å². The second kappa shape index (κ2) is 9.79. The van der Waals surface area contributed by atoms with E-state index in [2.05, 4.69) is 64.7 Å². The summed E-state index contributed by atoms with van der Waals surface area (Å²) in [7, 11) is 0. The Morgan fingerprint density at radius 1 is 1.10 bits per heavy atom. The minimum Gasteiger partial charge on any atom is -0.289 e. The molecule has 1 aliphatic rings. The third-order valence-electron chi connectivity index (χ3n) is 5.79. The first-order valence-electron chi connectivity index (χ1n) is 10.9. The molecule has 0 N–H and O–H groups in total. The Morgan fingerprint density at radius 2 is 2.00 bits per heavy atom. The topological polar surface area (TPSA) is 46.8 Å². The van der Waals surface area contributed by atoms with Gasteiger partial charge in [0.25, 0.3) is 0 Å². The van der Waals surface area contributed by atoms with Gasteiger partial charge < -0.3 is 0 Å². The van der Waals surface area contributed by atoms with Crippen molar-refractivity contribution in [3.63, 3.8) is 0 Å². The minimum absolute atomic E-state index is 0.385. The maximum absolute atomic E-state index is 4.77. The van der Waals surface area contributed by atoms with Gasteiger partial charge in [-0.25, -0.2) is 4.68 Å². The Bertz CT molecular complexity index is 889. The van der Waals surface area contributed by atoms with Crippen LogP contribution in [0, 0.1) is 0 Å². The molecule has 0 aliphatic heterocycles. The van der Waals surface area contributed by atoms with Gasteiger partial charge in [-0.2, -0.15) is 0 Å². The quantitative estimate of drug-likeness (QED) is 0.494. The second-order valence-electron chi connectivity index (χ2n) is 8.03. The van der Waals surface area contributed by atoms with Crippen LogP contribution in [0.25, 0.3) is 0 Å². The van der Waals surface area contributed by atoms with Gasteiger partial charge in [-0.1, -0.05) is 61.4 Å². The molecule has 0 fully saturated rings. The molecule has 152 valence electrons. The van der Waals surface area contributed by atoms with Crippen molar-refractivity contribution >= 4 is 0 Å². The van der Waals surface area contributed by atoms with Gasteiger partial charge >= 0.3 is 0 Å². The van der Waals surface area contributed by atoms with Crippen molar-refractivity contribution < 1.29 is 0 Å². The van der Waals surface area contributed by atoms with E-state index >= 15 is 0 Å². The molecule has 0 saturated heterocycles. The lowest BCUT2D eigenvalue weighted by Gasteiger charge is -2.34. The van der Waals surface area contributed by atoms with Crippen molar-refractivity contribution in [3.8, 4) is 0 Å². The lowest BCUT2D eigenvalue weighted by atomic mass is 9.90. The molecule has 5 nitrogen and oxygen atoms in total. The van der Waals surface area contributed by atoms with Crippen LogP contribution in [0.5, 0.6) is 0 Å². The summed E-state index contributed by atoms with van der Waals surface area (Å²) in [6.45, 7) is 4.94. The van der Waals surface area contributed by atoms with Gasteiger partial charge in [0.1, 0.15) is 0 Å².